The van der Waals surface area contributed by atoms with Gasteiger partial charge in [0.2, 0.25) is 0 Å². The summed E-state index contributed by atoms with van der Waals surface area (Å²) in [6.07, 6.45) is -0.912. The fraction of sp³-hybridized carbons (Fsp3) is 0.533. The van der Waals surface area contributed by atoms with Crippen molar-refractivity contribution >= 4 is 22.2 Å². The van der Waals surface area contributed by atoms with E-state index in [1.807, 2.05) is 39.8 Å². The molecule has 0 heterocycles. The number of rotatable bonds is 1. The van der Waals surface area contributed by atoms with Crippen LogP contribution in [0.3, 0.4) is 0 Å². The molecule has 0 aliphatic heterocycles. The topological polar surface area (TPSA) is 57.5 Å². The van der Waals surface area contributed by atoms with Crippen LogP contribution in [0.4, 0.5) is 0 Å². The average Bonchev–Trinajstić information content (AvgIpc) is 2.34. The Morgan fingerprint density at radius 2 is 1.47 bits per heavy atom. The predicted molar refractivity (Wildman–Crippen MR) is 77.6 cm³/mol. The molecule has 0 spiro atoms. The van der Waals surface area contributed by atoms with Gasteiger partial charge in [0.25, 0.3) is 0 Å². The Balaban J connectivity index is 2.80. The van der Waals surface area contributed by atoms with Gasteiger partial charge in [-0.15, -0.1) is 0 Å². The first-order valence-electron chi connectivity index (χ1n) is 6.30. The third kappa shape index (κ3) is 1.97. The Morgan fingerprint density at radius 3 is 1.89 bits per heavy atom. The molecule has 1 aromatic rings. The van der Waals surface area contributed by atoms with Gasteiger partial charge in [-0.05, 0) is 23.3 Å². The SMILES string of the molecule is CC1(C)c2cc(Br)c(C=O)cc2C(C)(C)C(O)C1O. The zero-order valence-corrected chi connectivity index (χ0v) is 13.2. The van der Waals surface area contributed by atoms with Crippen LogP contribution in [0.15, 0.2) is 16.6 Å². The van der Waals surface area contributed by atoms with Gasteiger partial charge in [-0.3, -0.25) is 4.79 Å². The van der Waals surface area contributed by atoms with Crippen molar-refractivity contribution in [2.45, 2.75) is 50.7 Å². The fourth-order valence-corrected chi connectivity index (χ4v) is 3.29. The number of fused-ring (bicyclic) bond motifs is 1. The first kappa shape index (κ1) is 14.7. The van der Waals surface area contributed by atoms with E-state index < -0.39 is 23.0 Å². The van der Waals surface area contributed by atoms with Gasteiger partial charge in [0.15, 0.2) is 6.29 Å². The molecule has 1 aliphatic carbocycles. The summed E-state index contributed by atoms with van der Waals surface area (Å²) in [5.41, 5.74) is 1.29. The van der Waals surface area contributed by atoms with Crippen LogP contribution >= 0.6 is 15.9 Å². The molecule has 0 saturated carbocycles. The van der Waals surface area contributed by atoms with Crippen LogP contribution in [0.25, 0.3) is 0 Å². The van der Waals surface area contributed by atoms with Gasteiger partial charge in [0.1, 0.15) is 0 Å². The molecule has 0 amide bonds. The first-order valence-corrected chi connectivity index (χ1v) is 7.09. The summed E-state index contributed by atoms with van der Waals surface area (Å²) >= 11 is 3.38. The monoisotopic (exact) mass is 326 g/mol. The van der Waals surface area contributed by atoms with Crippen LogP contribution in [0.2, 0.25) is 0 Å². The Bertz CT molecular complexity index is 534. The van der Waals surface area contributed by atoms with Gasteiger partial charge in [-0.2, -0.15) is 0 Å². The highest BCUT2D eigenvalue weighted by Crippen LogP contribution is 2.47. The van der Waals surface area contributed by atoms with Crippen molar-refractivity contribution in [2.75, 3.05) is 0 Å². The molecule has 1 aliphatic rings. The van der Waals surface area contributed by atoms with Crippen LogP contribution < -0.4 is 0 Å². The molecule has 0 bridgehead atoms. The lowest BCUT2D eigenvalue weighted by molar-refractivity contribution is -0.0673. The summed E-state index contributed by atoms with van der Waals surface area (Å²) in [4.78, 5) is 11.1. The zero-order valence-electron chi connectivity index (χ0n) is 11.6. The van der Waals surface area contributed by atoms with Crippen LogP contribution in [0.5, 0.6) is 0 Å². The van der Waals surface area contributed by atoms with E-state index in [0.29, 0.717) is 10.0 Å². The lowest BCUT2D eigenvalue weighted by atomic mass is 9.60. The summed E-state index contributed by atoms with van der Waals surface area (Å²) in [5.74, 6) is 0. The van der Waals surface area contributed by atoms with Gasteiger partial charge < -0.3 is 10.2 Å². The Morgan fingerprint density at radius 1 is 1.05 bits per heavy atom. The van der Waals surface area contributed by atoms with Gasteiger partial charge in [0, 0.05) is 20.9 Å². The molecular formula is C15H19BrO3. The maximum atomic E-state index is 11.1. The molecule has 2 unspecified atom stereocenters. The van der Waals surface area contributed by atoms with Crippen LogP contribution in [-0.2, 0) is 10.8 Å². The number of aliphatic hydroxyl groups excluding tert-OH is 2. The summed E-state index contributed by atoms with van der Waals surface area (Å²) in [7, 11) is 0. The quantitative estimate of drug-likeness (QED) is 0.780. The highest BCUT2D eigenvalue weighted by atomic mass is 79.9. The molecule has 0 radical (unpaired) electrons. The second-order valence-corrected chi connectivity index (χ2v) is 7.22. The van der Waals surface area contributed by atoms with E-state index in [2.05, 4.69) is 15.9 Å². The van der Waals surface area contributed by atoms with E-state index >= 15 is 0 Å². The highest BCUT2D eigenvalue weighted by Gasteiger charge is 2.50. The molecule has 104 valence electrons. The molecule has 3 nitrogen and oxygen atoms in total. The fourth-order valence-electron chi connectivity index (χ4n) is 2.85. The molecule has 4 heteroatoms. The van der Waals surface area contributed by atoms with Crippen LogP contribution in [-0.4, -0.2) is 28.7 Å². The third-order valence-electron chi connectivity index (χ3n) is 4.43. The van der Waals surface area contributed by atoms with E-state index in [4.69, 9.17) is 0 Å². The number of hydrogen-bond acceptors (Lipinski definition) is 3. The van der Waals surface area contributed by atoms with Gasteiger partial charge in [-0.1, -0.05) is 43.6 Å². The lowest BCUT2D eigenvalue weighted by Gasteiger charge is -2.49. The number of carbonyl (C=O) groups is 1. The van der Waals surface area contributed by atoms with Crippen molar-refractivity contribution in [3.05, 3.63) is 33.3 Å². The van der Waals surface area contributed by atoms with Crippen molar-refractivity contribution in [1.82, 2.24) is 0 Å². The number of carbonyl (C=O) groups excluding carboxylic acids is 1. The van der Waals surface area contributed by atoms with Gasteiger partial charge in [0.05, 0.1) is 12.2 Å². The maximum Gasteiger partial charge on any atom is 0.151 e. The standard InChI is InChI=1S/C15H19BrO3/c1-14(2)9-5-8(7-17)11(16)6-10(9)15(3,4)13(19)12(14)18/h5-7,12-13,18-19H,1-4H3. The molecule has 1 aromatic carbocycles. The van der Waals surface area contributed by atoms with E-state index in [-0.39, 0.29) is 0 Å². The second-order valence-electron chi connectivity index (χ2n) is 6.37. The summed E-state index contributed by atoms with van der Waals surface area (Å²) in [6.45, 7) is 7.58. The van der Waals surface area contributed by atoms with Crippen molar-refractivity contribution < 1.29 is 15.0 Å². The molecule has 0 fully saturated rings. The Hall–Kier alpha value is -0.710. The van der Waals surface area contributed by atoms with Crippen molar-refractivity contribution in [3.63, 3.8) is 0 Å². The van der Waals surface area contributed by atoms with Crippen LogP contribution in [0, 0.1) is 0 Å². The Labute approximate surface area is 121 Å². The summed E-state index contributed by atoms with van der Waals surface area (Å²) < 4.78 is 0.716. The van der Waals surface area contributed by atoms with Gasteiger partial charge in [-0.25, -0.2) is 0 Å². The molecule has 2 atom stereocenters. The molecular weight excluding hydrogens is 308 g/mol. The molecule has 2 rings (SSSR count). The number of aldehydes is 1. The predicted octanol–water partition coefficient (Wildman–Crippen LogP) is 2.55. The van der Waals surface area contributed by atoms with Crippen molar-refractivity contribution in [3.8, 4) is 0 Å². The van der Waals surface area contributed by atoms with Crippen molar-refractivity contribution in [1.29, 1.82) is 0 Å². The number of halogens is 1. The van der Waals surface area contributed by atoms with E-state index in [9.17, 15) is 15.0 Å². The maximum absolute atomic E-state index is 11.1. The first-order chi connectivity index (χ1) is 8.64. The third-order valence-corrected chi connectivity index (χ3v) is 5.12. The average molecular weight is 327 g/mol. The van der Waals surface area contributed by atoms with Crippen molar-refractivity contribution in [2.24, 2.45) is 0 Å². The minimum atomic E-state index is -0.865. The van der Waals surface area contributed by atoms with Gasteiger partial charge >= 0.3 is 0 Å². The number of aliphatic hydroxyl groups is 2. The number of hydrogen-bond donors (Lipinski definition) is 2. The smallest absolute Gasteiger partial charge is 0.151 e. The molecule has 2 N–H and O–H groups in total. The van der Waals surface area contributed by atoms with E-state index in [0.717, 1.165) is 17.4 Å². The molecule has 0 saturated heterocycles. The lowest BCUT2D eigenvalue weighted by Crippen LogP contribution is -2.56. The highest BCUT2D eigenvalue weighted by molar-refractivity contribution is 9.10. The zero-order chi connectivity index (χ0) is 14.6. The number of benzene rings is 1. The van der Waals surface area contributed by atoms with Crippen LogP contribution in [0.1, 0.15) is 49.2 Å². The summed E-state index contributed by atoms with van der Waals surface area (Å²) in [5, 5.41) is 20.7. The molecule has 19 heavy (non-hydrogen) atoms. The second kappa shape index (κ2) is 4.40. The van der Waals surface area contributed by atoms with E-state index in [1.165, 1.54) is 0 Å². The largest absolute Gasteiger partial charge is 0.389 e. The van der Waals surface area contributed by atoms with E-state index in [1.54, 1.807) is 0 Å². The summed E-state index contributed by atoms with van der Waals surface area (Å²) in [6, 6.07) is 3.69. The molecule has 0 aromatic heterocycles. The minimum Gasteiger partial charge on any atom is -0.389 e. The minimum absolute atomic E-state index is 0.561. The Kier molecular flexibility index (Phi) is 3.40. The normalized spacial score (nSPS) is 27.7.